The second-order valence-corrected chi connectivity index (χ2v) is 5.97. The highest BCUT2D eigenvalue weighted by molar-refractivity contribution is 8.00. The molecule has 0 aliphatic carbocycles. The average molecular weight is 350 g/mol. The van der Waals surface area contributed by atoms with Gasteiger partial charge in [0.25, 0.3) is 0 Å². The van der Waals surface area contributed by atoms with Gasteiger partial charge in [0, 0.05) is 30.1 Å². The first-order chi connectivity index (χ1) is 11.2. The normalized spacial score (nSPS) is 10.3. The van der Waals surface area contributed by atoms with E-state index in [-0.39, 0.29) is 11.7 Å². The SMILES string of the molecule is COCCNC(=S)NNC(=O)CSc1cccc2cccnc12. The van der Waals surface area contributed by atoms with Gasteiger partial charge in [0.05, 0.1) is 17.9 Å². The molecule has 0 bridgehead atoms. The number of nitrogens with one attached hydrogen (secondary N) is 3. The third-order valence-corrected chi connectivity index (χ3v) is 4.16. The van der Waals surface area contributed by atoms with E-state index in [0.717, 1.165) is 15.8 Å². The summed E-state index contributed by atoms with van der Waals surface area (Å²) in [6.45, 7) is 1.12. The number of fused-ring (bicyclic) bond motifs is 1. The zero-order valence-corrected chi connectivity index (χ0v) is 14.3. The van der Waals surface area contributed by atoms with Gasteiger partial charge in [-0.05, 0) is 24.4 Å². The Kier molecular flexibility index (Phi) is 7.05. The van der Waals surface area contributed by atoms with Crippen LogP contribution >= 0.6 is 24.0 Å². The molecule has 2 rings (SSSR count). The van der Waals surface area contributed by atoms with Gasteiger partial charge in [-0.15, -0.1) is 11.8 Å². The summed E-state index contributed by atoms with van der Waals surface area (Å²) >= 11 is 6.45. The number of nitrogens with zero attached hydrogens (tertiary/aromatic N) is 1. The van der Waals surface area contributed by atoms with Crippen LogP contribution in [0, 0.1) is 0 Å². The van der Waals surface area contributed by atoms with Gasteiger partial charge in [-0.25, -0.2) is 0 Å². The van der Waals surface area contributed by atoms with E-state index in [4.69, 9.17) is 17.0 Å². The Bertz CT molecular complexity index is 676. The molecule has 1 aromatic carbocycles. The molecule has 6 nitrogen and oxygen atoms in total. The first-order valence-corrected chi connectivity index (χ1v) is 8.38. The molecule has 0 fully saturated rings. The number of para-hydroxylation sites is 1. The molecule has 1 aromatic heterocycles. The van der Waals surface area contributed by atoms with Crippen LogP contribution in [-0.2, 0) is 9.53 Å². The van der Waals surface area contributed by atoms with Gasteiger partial charge in [-0.1, -0.05) is 18.2 Å². The highest BCUT2D eigenvalue weighted by atomic mass is 32.2. The van der Waals surface area contributed by atoms with E-state index in [1.165, 1.54) is 11.8 Å². The number of ether oxygens (including phenoxy) is 1. The number of hydrogen-bond acceptors (Lipinski definition) is 5. The van der Waals surface area contributed by atoms with Crippen molar-refractivity contribution in [2.45, 2.75) is 4.90 Å². The maximum absolute atomic E-state index is 11.9. The molecule has 1 amide bonds. The van der Waals surface area contributed by atoms with Crippen LogP contribution in [0.5, 0.6) is 0 Å². The molecule has 0 unspecified atom stereocenters. The van der Waals surface area contributed by atoms with Gasteiger partial charge in [0.2, 0.25) is 5.91 Å². The Morgan fingerprint density at radius 2 is 2.13 bits per heavy atom. The second-order valence-electron chi connectivity index (χ2n) is 4.54. The average Bonchev–Trinajstić information content (AvgIpc) is 2.58. The molecule has 0 atom stereocenters. The molecule has 0 aliphatic rings. The lowest BCUT2D eigenvalue weighted by atomic mass is 10.2. The molecule has 2 aromatic rings. The van der Waals surface area contributed by atoms with E-state index in [2.05, 4.69) is 21.2 Å². The minimum atomic E-state index is -0.168. The number of thiocarbonyl (C=S) groups is 1. The van der Waals surface area contributed by atoms with Crippen LogP contribution in [0.3, 0.4) is 0 Å². The van der Waals surface area contributed by atoms with Crippen molar-refractivity contribution in [1.29, 1.82) is 0 Å². The second kappa shape index (κ2) is 9.29. The lowest BCUT2D eigenvalue weighted by Crippen LogP contribution is -2.48. The Labute approximate surface area is 144 Å². The number of carbonyl (C=O) groups is 1. The van der Waals surface area contributed by atoms with E-state index in [0.29, 0.717) is 18.3 Å². The lowest BCUT2D eigenvalue weighted by Gasteiger charge is -2.11. The smallest absolute Gasteiger partial charge is 0.248 e. The van der Waals surface area contributed by atoms with Crippen LogP contribution in [0.4, 0.5) is 0 Å². The van der Waals surface area contributed by atoms with Crippen LogP contribution in [0.25, 0.3) is 10.9 Å². The Morgan fingerprint density at radius 1 is 1.30 bits per heavy atom. The summed E-state index contributed by atoms with van der Waals surface area (Å²) in [5.41, 5.74) is 6.10. The van der Waals surface area contributed by atoms with E-state index >= 15 is 0 Å². The van der Waals surface area contributed by atoms with Gasteiger partial charge >= 0.3 is 0 Å². The predicted octanol–water partition coefficient (Wildman–Crippen LogP) is 1.47. The topological polar surface area (TPSA) is 75.3 Å². The van der Waals surface area contributed by atoms with Crippen molar-refractivity contribution in [3.63, 3.8) is 0 Å². The van der Waals surface area contributed by atoms with Crippen molar-refractivity contribution < 1.29 is 9.53 Å². The molecule has 23 heavy (non-hydrogen) atoms. The zero-order valence-electron chi connectivity index (χ0n) is 12.7. The molecular formula is C15H18N4O2S2. The first-order valence-electron chi connectivity index (χ1n) is 6.99. The van der Waals surface area contributed by atoms with Crippen molar-refractivity contribution in [3.05, 3.63) is 36.5 Å². The third kappa shape index (κ3) is 5.66. The third-order valence-electron chi connectivity index (χ3n) is 2.86. The molecular weight excluding hydrogens is 332 g/mol. The fourth-order valence-electron chi connectivity index (χ4n) is 1.81. The quantitative estimate of drug-likeness (QED) is 0.315. The molecule has 0 saturated heterocycles. The number of amides is 1. The summed E-state index contributed by atoms with van der Waals surface area (Å²) in [6.07, 6.45) is 1.75. The maximum atomic E-state index is 11.9. The summed E-state index contributed by atoms with van der Waals surface area (Å²) in [7, 11) is 1.61. The molecule has 0 aliphatic heterocycles. The van der Waals surface area contributed by atoms with E-state index in [1.807, 2.05) is 30.3 Å². The van der Waals surface area contributed by atoms with Crippen LogP contribution in [0.1, 0.15) is 0 Å². The number of hydrazine groups is 1. The van der Waals surface area contributed by atoms with E-state index < -0.39 is 0 Å². The number of rotatable bonds is 6. The fourth-order valence-corrected chi connectivity index (χ4v) is 2.80. The highest BCUT2D eigenvalue weighted by Gasteiger charge is 2.06. The van der Waals surface area contributed by atoms with Crippen molar-refractivity contribution in [2.75, 3.05) is 26.0 Å². The molecule has 8 heteroatoms. The van der Waals surface area contributed by atoms with E-state index in [1.54, 1.807) is 13.3 Å². The number of pyridine rings is 1. The number of hydrogen-bond donors (Lipinski definition) is 3. The van der Waals surface area contributed by atoms with Gasteiger partial charge in [-0.3, -0.25) is 20.6 Å². The zero-order chi connectivity index (χ0) is 16.5. The lowest BCUT2D eigenvalue weighted by molar-refractivity contribution is -0.119. The molecule has 3 N–H and O–H groups in total. The summed E-state index contributed by atoms with van der Waals surface area (Å²) in [4.78, 5) is 17.2. The van der Waals surface area contributed by atoms with Gasteiger partial charge < -0.3 is 10.1 Å². The van der Waals surface area contributed by atoms with Crippen molar-refractivity contribution in [2.24, 2.45) is 0 Å². The Morgan fingerprint density at radius 3 is 2.96 bits per heavy atom. The number of benzene rings is 1. The molecule has 1 heterocycles. The van der Waals surface area contributed by atoms with Crippen molar-refractivity contribution in [1.82, 2.24) is 21.2 Å². The highest BCUT2D eigenvalue weighted by Crippen LogP contribution is 2.25. The number of carbonyl (C=O) groups excluding carboxylic acids is 1. The summed E-state index contributed by atoms with van der Waals surface area (Å²) < 4.78 is 4.89. The standard InChI is InChI=1S/C15H18N4O2S2/c1-21-9-8-17-15(22)19-18-13(20)10-23-12-6-2-4-11-5-3-7-16-14(11)12/h2-7H,8-10H2,1H3,(H,18,20)(H2,17,19,22). The summed E-state index contributed by atoms with van der Waals surface area (Å²) in [6, 6.07) is 9.80. The van der Waals surface area contributed by atoms with Crippen LogP contribution in [0.2, 0.25) is 0 Å². The number of aromatic nitrogens is 1. The monoisotopic (exact) mass is 350 g/mol. The van der Waals surface area contributed by atoms with Gasteiger partial charge in [-0.2, -0.15) is 0 Å². The largest absolute Gasteiger partial charge is 0.383 e. The van der Waals surface area contributed by atoms with Crippen LogP contribution in [0.15, 0.2) is 41.4 Å². The Hall–Kier alpha value is -1.90. The van der Waals surface area contributed by atoms with Crippen molar-refractivity contribution >= 4 is 45.9 Å². The summed E-state index contributed by atoms with van der Waals surface area (Å²) in [5.74, 6) is 0.0995. The van der Waals surface area contributed by atoms with Crippen LogP contribution < -0.4 is 16.2 Å². The molecule has 0 spiro atoms. The minimum absolute atomic E-state index is 0.168. The number of methoxy groups -OCH3 is 1. The molecule has 122 valence electrons. The van der Waals surface area contributed by atoms with E-state index in [9.17, 15) is 4.79 Å². The maximum Gasteiger partial charge on any atom is 0.248 e. The van der Waals surface area contributed by atoms with Crippen LogP contribution in [-0.4, -0.2) is 42.0 Å². The molecule has 0 radical (unpaired) electrons. The molecule has 0 saturated carbocycles. The van der Waals surface area contributed by atoms with Gasteiger partial charge in [0.15, 0.2) is 5.11 Å². The fraction of sp³-hybridized carbons (Fsp3) is 0.267. The van der Waals surface area contributed by atoms with Gasteiger partial charge in [0.1, 0.15) is 0 Å². The Balaban J connectivity index is 1.79. The first kappa shape index (κ1) is 17.5. The van der Waals surface area contributed by atoms with Crippen molar-refractivity contribution in [3.8, 4) is 0 Å². The number of thioether (sulfide) groups is 1. The predicted molar refractivity (Wildman–Crippen MR) is 96.2 cm³/mol. The summed E-state index contributed by atoms with van der Waals surface area (Å²) in [5, 5.41) is 4.31. The minimum Gasteiger partial charge on any atom is -0.383 e.